The second-order valence-electron chi connectivity index (χ2n) is 4.89. The van der Waals surface area contributed by atoms with E-state index in [1.54, 1.807) is 12.3 Å². The molecule has 0 saturated carbocycles. The monoisotopic (exact) mass is 396 g/mol. The van der Waals surface area contributed by atoms with E-state index < -0.39 is 5.97 Å². The Balaban J connectivity index is 2.01. The van der Waals surface area contributed by atoms with Crippen molar-refractivity contribution < 1.29 is 9.90 Å². The van der Waals surface area contributed by atoms with Gasteiger partial charge in [-0.15, -0.1) is 0 Å². The first-order valence-corrected chi connectivity index (χ1v) is 9.78. The molecule has 6 nitrogen and oxygen atoms in total. The van der Waals surface area contributed by atoms with Crippen LogP contribution in [0.5, 0.6) is 0 Å². The van der Waals surface area contributed by atoms with Crippen LogP contribution in [-0.2, 0) is 11.3 Å². The number of carboxylic acids is 1. The van der Waals surface area contributed by atoms with Crippen molar-refractivity contribution in [2.24, 2.45) is 0 Å². The van der Waals surface area contributed by atoms with E-state index in [0.717, 1.165) is 21.1 Å². The average molecular weight is 396 g/mol. The third kappa shape index (κ3) is 3.52. The summed E-state index contributed by atoms with van der Waals surface area (Å²) in [7, 11) is 0. The van der Waals surface area contributed by atoms with E-state index >= 15 is 0 Å². The van der Waals surface area contributed by atoms with Gasteiger partial charge in [0.15, 0.2) is 0 Å². The summed E-state index contributed by atoms with van der Waals surface area (Å²) >= 11 is 6.26. The summed E-state index contributed by atoms with van der Waals surface area (Å²) in [5.41, 5.74) is 2.30. The molecule has 0 amide bonds. The van der Waals surface area contributed by atoms with Gasteiger partial charge < -0.3 is 0 Å². The first-order valence-electron chi connectivity index (χ1n) is 6.83. The number of rotatable bonds is 5. The van der Waals surface area contributed by atoms with Gasteiger partial charge in [0.1, 0.15) is 0 Å². The Kier molecular flexibility index (Phi) is 4.61. The van der Waals surface area contributed by atoms with Crippen molar-refractivity contribution >= 4 is 47.9 Å². The number of hydrogen-bond donors (Lipinski definition) is 1. The van der Waals surface area contributed by atoms with Crippen molar-refractivity contribution in [3.8, 4) is 11.4 Å². The quantitative estimate of drug-likeness (QED) is 0.668. The first-order chi connectivity index (χ1) is 11.1. The van der Waals surface area contributed by atoms with Gasteiger partial charge >= 0.3 is 143 Å². The molecule has 0 atom stereocenters. The number of nitrogens with zero attached hydrogens (tertiary/aromatic N) is 4. The average Bonchev–Trinajstić information content (AvgIpc) is 3.00. The molecule has 118 valence electrons. The molecule has 0 bridgehead atoms. The van der Waals surface area contributed by atoms with Crippen LogP contribution in [0.15, 0.2) is 30.5 Å². The number of aliphatic carboxylic acids is 1. The summed E-state index contributed by atoms with van der Waals surface area (Å²) in [6, 6.07) is 7.66. The summed E-state index contributed by atoms with van der Waals surface area (Å²) in [5.74, 6) is 1.25. The fourth-order valence-corrected chi connectivity index (χ4v) is 3.61. The maximum atomic E-state index is 10.6. The molecular formula is C15H13ClN4O2Se. The van der Waals surface area contributed by atoms with Crippen LogP contribution < -0.4 is 4.46 Å². The van der Waals surface area contributed by atoms with Crippen molar-refractivity contribution in [2.75, 3.05) is 0 Å². The molecule has 2 aromatic heterocycles. The Labute approximate surface area is 143 Å². The molecule has 3 rings (SSSR count). The zero-order chi connectivity index (χ0) is 16.4. The van der Waals surface area contributed by atoms with Crippen molar-refractivity contribution in [1.82, 2.24) is 20.0 Å². The Morgan fingerprint density at radius 2 is 2.22 bits per heavy atom. The topological polar surface area (TPSA) is 80.9 Å². The predicted molar refractivity (Wildman–Crippen MR) is 89.3 cm³/mol. The van der Waals surface area contributed by atoms with Crippen molar-refractivity contribution in [1.29, 1.82) is 0 Å². The molecule has 0 saturated heterocycles. The van der Waals surface area contributed by atoms with Gasteiger partial charge in [0, 0.05) is 0 Å². The molecular weight excluding hydrogens is 383 g/mol. The van der Waals surface area contributed by atoms with Crippen LogP contribution in [0.4, 0.5) is 0 Å². The van der Waals surface area contributed by atoms with Crippen molar-refractivity contribution in [3.63, 3.8) is 0 Å². The molecule has 23 heavy (non-hydrogen) atoms. The number of fused-ring (bicyclic) bond motifs is 1. The van der Waals surface area contributed by atoms with Crippen molar-refractivity contribution in [2.45, 2.75) is 18.8 Å². The normalized spacial score (nSPS) is 11.0. The van der Waals surface area contributed by atoms with Gasteiger partial charge in [-0.05, 0) is 0 Å². The molecule has 0 aliphatic carbocycles. The Morgan fingerprint density at radius 3 is 2.96 bits per heavy atom. The molecule has 1 N–H and O–H groups in total. The van der Waals surface area contributed by atoms with Crippen LogP contribution in [0.25, 0.3) is 22.3 Å². The van der Waals surface area contributed by atoms with E-state index in [9.17, 15) is 4.79 Å². The SMILES string of the molecule is C[Se]c1cc2cc(Cl)ccc2nc1-c1cn(CCC(=O)O)nn1. The molecule has 0 aliphatic rings. The number of benzene rings is 1. The number of hydrogen-bond acceptors (Lipinski definition) is 4. The summed E-state index contributed by atoms with van der Waals surface area (Å²) in [6.07, 6.45) is 1.75. The maximum absolute atomic E-state index is 10.6. The standard InChI is InChI=1S/C15H13ClN4O2Se/c1-23-13-7-9-6-10(16)2-3-11(9)17-15(13)12-8-20(19-18-12)5-4-14(21)22/h2-3,6-8H,4-5H2,1H3,(H,21,22). The van der Waals surface area contributed by atoms with E-state index in [0.29, 0.717) is 10.7 Å². The summed E-state index contributed by atoms with van der Waals surface area (Å²) < 4.78 is 2.64. The minimum absolute atomic E-state index is 0.0109. The third-order valence-corrected chi connectivity index (χ3v) is 5.11. The zero-order valence-electron chi connectivity index (χ0n) is 12.2. The summed E-state index contributed by atoms with van der Waals surface area (Å²) in [4.78, 5) is 15.3. The Bertz CT molecular complexity index is 881. The minimum atomic E-state index is -0.861. The number of pyridine rings is 1. The van der Waals surface area contributed by atoms with Gasteiger partial charge in [0.2, 0.25) is 0 Å². The van der Waals surface area contributed by atoms with Crippen LogP contribution >= 0.6 is 11.6 Å². The van der Waals surface area contributed by atoms with Gasteiger partial charge in [0.25, 0.3) is 0 Å². The van der Waals surface area contributed by atoms with E-state index in [4.69, 9.17) is 21.7 Å². The number of aromatic nitrogens is 4. The molecule has 1 aromatic carbocycles. The molecule has 2 heterocycles. The molecule has 8 heteroatoms. The molecule has 0 radical (unpaired) electrons. The summed E-state index contributed by atoms with van der Waals surface area (Å²) in [6.45, 7) is 0.290. The van der Waals surface area contributed by atoms with Crippen LogP contribution in [0.3, 0.4) is 0 Å². The van der Waals surface area contributed by atoms with Gasteiger partial charge in [-0.3, -0.25) is 0 Å². The molecule has 0 fully saturated rings. The van der Waals surface area contributed by atoms with E-state index in [1.807, 2.05) is 12.1 Å². The van der Waals surface area contributed by atoms with Crippen LogP contribution in [0, 0.1) is 0 Å². The zero-order valence-corrected chi connectivity index (χ0v) is 14.7. The fourth-order valence-electron chi connectivity index (χ4n) is 2.19. The number of halogens is 1. The van der Waals surface area contributed by atoms with Gasteiger partial charge in [0.05, 0.1) is 0 Å². The van der Waals surface area contributed by atoms with E-state index in [-0.39, 0.29) is 27.9 Å². The van der Waals surface area contributed by atoms with Crippen LogP contribution in [0.2, 0.25) is 10.8 Å². The van der Waals surface area contributed by atoms with Gasteiger partial charge in [-0.25, -0.2) is 0 Å². The molecule has 0 unspecified atom stereocenters. The molecule has 3 aromatic rings. The van der Waals surface area contributed by atoms with Crippen molar-refractivity contribution in [3.05, 3.63) is 35.5 Å². The number of carbonyl (C=O) groups is 1. The van der Waals surface area contributed by atoms with Gasteiger partial charge in [-0.1, -0.05) is 0 Å². The third-order valence-electron chi connectivity index (χ3n) is 3.30. The Morgan fingerprint density at radius 1 is 1.39 bits per heavy atom. The molecule has 0 spiro atoms. The second kappa shape index (κ2) is 6.66. The second-order valence-corrected chi connectivity index (χ2v) is 7.10. The summed E-state index contributed by atoms with van der Waals surface area (Å²) in [5, 5.41) is 18.5. The fraction of sp³-hybridized carbons (Fsp3) is 0.200. The first kappa shape index (κ1) is 15.9. The number of aryl methyl sites for hydroxylation is 1. The Hall–Kier alpha value is -1.95. The predicted octanol–water partition coefficient (Wildman–Crippen LogP) is 2.00. The number of carboxylic acid groups (broad SMARTS) is 1. The molecule has 0 aliphatic heterocycles. The van der Waals surface area contributed by atoms with Crippen LogP contribution in [-0.4, -0.2) is 46.0 Å². The van der Waals surface area contributed by atoms with Crippen LogP contribution in [0.1, 0.15) is 6.42 Å². The van der Waals surface area contributed by atoms with E-state index in [2.05, 4.69) is 22.2 Å². The van der Waals surface area contributed by atoms with Gasteiger partial charge in [-0.2, -0.15) is 0 Å². The van der Waals surface area contributed by atoms with E-state index in [1.165, 1.54) is 4.68 Å².